The highest BCUT2D eigenvalue weighted by Gasteiger charge is 2.51. The predicted octanol–water partition coefficient (Wildman–Crippen LogP) is 4.24. The Kier molecular flexibility index (Phi) is 4.46. The van der Waals surface area contributed by atoms with Crippen LogP contribution < -0.4 is 5.32 Å². The Morgan fingerprint density at radius 1 is 1.12 bits per heavy atom. The van der Waals surface area contributed by atoms with Gasteiger partial charge in [-0.1, -0.05) is 36.4 Å². The Morgan fingerprint density at radius 2 is 1.92 bits per heavy atom. The molecule has 1 saturated carbocycles. The second kappa shape index (κ2) is 6.75. The molecule has 0 saturated heterocycles. The first-order valence-corrected chi connectivity index (χ1v) is 10.0. The molecule has 1 fully saturated rings. The molecule has 5 heteroatoms. The molecule has 1 unspecified atom stereocenters. The maximum Gasteiger partial charge on any atom is 0.231 e. The van der Waals surface area contributed by atoms with E-state index in [-0.39, 0.29) is 11.3 Å². The van der Waals surface area contributed by atoms with E-state index in [1.807, 2.05) is 53.9 Å². The van der Waals surface area contributed by atoms with Gasteiger partial charge >= 0.3 is 0 Å². The SMILES string of the molecule is O=C(NCc1ccc(C(O)c2ccccc2)s1)C1(c2cccs2)CC1. The van der Waals surface area contributed by atoms with E-state index in [0.717, 1.165) is 33.0 Å². The molecular weight excluding hydrogens is 350 g/mol. The number of thiophene rings is 2. The number of carbonyl (C=O) groups is 1. The lowest BCUT2D eigenvalue weighted by molar-refractivity contribution is -0.123. The van der Waals surface area contributed by atoms with Crippen molar-refractivity contribution in [3.63, 3.8) is 0 Å². The van der Waals surface area contributed by atoms with Gasteiger partial charge in [0.1, 0.15) is 6.10 Å². The molecule has 0 aliphatic heterocycles. The molecule has 4 rings (SSSR count). The molecule has 2 aromatic heterocycles. The van der Waals surface area contributed by atoms with E-state index in [1.165, 1.54) is 0 Å². The molecule has 25 heavy (non-hydrogen) atoms. The van der Waals surface area contributed by atoms with E-state index in [4.69, 9.17) is 0 Å². The maximum atomic E-state index is 12.6. The Balaban J connectivity index is 1.40. The molecule has 128 valence electrons. The topological polar surface area (TPSA) is 49.3 Å². The third-order valence-electron chi connectivity index (χ3n) is 4.67. The summed E-state index contributed by atoms with van der Waals surface area (Å²) in [4.78, 5) is 15.7. The first-order chi connectivity index (χ1) is 12.2. The molecule has 1 aliphatic carbocycles. The normalized spacial score (nSPS) is 16.4. The van der Waals surface area contributed by atoms with E-state index in [9.17, 15) is 9.90 Å². The number of nitrogens with one attached hydrogen (secondary N) is 1. The summed E-state index contributed by atoms with van der Waals surface area (Å²) >= 11 is 3.20. The summed E-state index contributed by atoms with van der Waals surface area (Å²) in [5.41, 5.74) is 0.590. The summed E-state index contributed by atoms with van der Waals surface area (Å²) in [6.45, 7) is 0.512. The van der Waals surface area contributed by atoms with Gasteiger partial charge in [-0.15, -0.1) is 22.7 Å². The summed E-state index contributed by atoms with van der Waals surface area (Å²) < 4.78 is 0. The summed E-state index contributed by atoms with van der Waals surface area (Å²) in [6, 6.07) is 17.6. The van der Waals surface area contributed by atoms with Gasteiger partial charge in [0.15, 0.2) is 0 Å². The Bertz CT molecular complexity index is 851. The van der Waals surface area contributed by atoms with Gasteiger partial charge in [0.2, 0.25) is 5.91 Å². The van der Waals surface area contributed by atoms with Crippen molar-refractivity contribution >= 4 is 28.6 Å². The summed E-state index contributed by atoms with van der Waals surface area (Å²) in [5.74, 6) is 0.119. The fraction of sp³-hybridized carbons (Fsp3) is 0.250. The summed E-state index contributed by atoms with van der Waals surface area (Å²) in [6.07, 6.45) is 1.25. The van der Waals surface area contributed by atoms with E-state index < -0.39 is 6.10 Å². The summed E-state index contributed by atoms with van der Waals surface area (Å²) in [5, 5.41) is 15.6. The third kappa shape index (κ3) is 3.27. The van der Waals surface area contributed by atoms with Crippen LogP contribution in [-0.4, -0.2) is 11.0 Å². The van der Waals surface area contributed by atoms with E-state index >= 15 is 0 Å². The van der Waals surface area contributed by atoms with Gasteiger partial charge < -0.3 is 10.4 Å². The fourth-order valence-corrected chi connectivity index (χ4v) is 4.98. The zero-order valence-electron chi connectivity index (χ0n) is 13.6. The van der Waals surface area contributed by atoms with Crippen LogP contribution in [0.4, 0.5) is 0 Å². The average molecular weight is 370 g/mol. The largest absolute Gasteiger partial charge is 0.383 e. The second-order valence-electron chi connectivity index (χ2n) is 6.36. The molecule has 0 bridgehead atoms. The number of amides is 1. The van der Waals surface area contributed by atoms with Crippen molar-refractivity contribution in [2.24, 2.45) is 0 Å². The highest BCUT2D eigenvalue weighted by atomic mass is 32.1. The second-order valence-corrected chi connectivity index (χ2v) is 8.51. The molecule has 1 aliphatic rings. The van der Waals surface area contributed by atoms with Gasteiger partial charge in [-0.25, -0.2) is 0 Å². The van der Waals surface area contributed by atoms with Crippen LogP contribution in [0.2, 0.25) is 0 Å². The van der Waals surface area contributed by atoms with E-state index in [1.54, 1.807) is 22.7 Å². The number of benzene rings is 1. The highest BCUT2D eigenvalue weighted by Crippen LogP contribution is 2.50. The molecule has 1 atom stereocenters. The number of hydrogen-bond acceptors (Lipinski definition) is 4. The van der Waals surface area contributed by atoms with E-state index in [0.29, 0.717) is 6.54 Å². The van der Waals surface area contributed by atoms with Crippen LogP contribution in [-0.2, 0) is 16.8 Å². The zero-order chi connectivity index (χ0) is 17.3. The molecule has 2 N–H and O–H groups in total. The fourth-order valence-electron chi connectivity index (χ4n) is 3.03. The van der Waals surface area contributed by atoms with Gasteiger partial charge in [0.05, 0.1) is 12.0 Å². The van der Waals surface area contributed by atoms with Crippen molar-refractivity contribution in [3.05, 3.63) is 80.2 Å². The van der Waals surface area contributed by atoms with Crippen molar-refractivity contribution < 1.29 is 9.90 Å². The lowest BCUT2D eigenvalue weighted by Gasteiger charge is -2.13. The number of aliphatic hydroxyl groups is 1. The molecular formula is C20H19NO2S2. The third-order valence-corrected chi connectivity index (χ3v) is 6.88. The number of aliphatic hydroxyl groups excluding tert-OH is 1. The minimum absolute atomic E-state index is 0.119. The molecule has 1 aromatic carbocycles. The standard InChI is InChI=1S/C20H19NO2S2/c22-18(14-5-2-1-3-6-14)16-9-8-15(25-16)13-21-19(23)20(10-11-20)17-7-4-12-24-17/h1-9,12,18,22H,10-11,13H2,(H,21,23). The number of carbonyl (C=O) groups excluding carboxylic acids is 1. The van der Waals surface area contributed by atoms with Crippen molar-refractivity contribution in [3.8, 4) is 0 Å². The number of rotatable bonds is 6. The molecule has 0 spiro atoms. The molecule has 3 nitrogen and oxygen atoms in total. The monoisotopic (exact) mass is 369 g/mol. The minimum atomic E-state index is -0.614. The van der Waals surface area contributed by atoms with Gasteiger partial charge in [0, 0.05) is 14.6 Å². The Morgan fingerprint density at radius 3 is 2.60 bits per heavy atom. The van der Waals surface area contributed by atoms with E-state index in [2.05, 4.69) is 11.4 Å². The first-order valence-electron chi connectivity index (χ1n) is 8.33. The lowest BCUT2D eigenvalue weighted by Crippen LogP contribution is -2.33. The summed E-state index contributed by atoms with van der Waals surface area (Å²) in [7, 11) is 0. The predicted molar refractivity (Wildman–Crippen MR) is 102 cm³/mol. The van der Waals surface area contributed by atoms with Crippen LogP contribution in [0.5, 0.6) is 0 Å². The van der Waals surface area contributed by atoms with Crippen LogP contribution in [0, 0.1) is 0 Å². The number of hydrogen-bond donors (Lipinski definition) is 2. The first kappa shape index (κ1) is 16.5. The minimum Gasteiger partial charge on any atom is -0.383 e. The van der Waals surface area contributed by atoms with Crippen LogP contribution in [0.1, 0.15) is 39.1 Å². The average Bonchev–Trinajstić information content (AvgIpc) is 3.08. The van der Waals surface area contributed by atoms with Crippen molar-refractivity contribution in [1.82, 2.24) is 5.32 Å². The van der Waals surface area contributed by atoms with Gasteiger partial charge in [0.25, 0.3) is 0 Å². The Hall–Kier alpha value is -1.95. The van der Waals surface area contributed by atoms with Gasteiger partial charge in [-0.2, -0.15) is 0 Å². The van der Waals surface area contributed by atoms with Crippen LogP contribution >= 0.6 is 22.7 Å². The van der Waals surface area contributed by atoms with Crippen molar-refractivity contribution in [2.45, 2.75) is 30.9 Å². The van der Waals surface area contributed by atoms with Crippen LogP contribution in [0.3, 0.4) is 0 Å². The van der Waals surface area contributed by atoms with Crippen LogP contribution in [0.25, 0.3) is 0 Å². The molecule has 0 radical (unpaired) electrons. The maximum absolute atomic E-state index is 12.6. The zero-order valence-corrected chi connectivity index (χ0v) is 15.3. The van der Waals surface area contributed by atoms with Crippen molar-refractivity contribution in [1.29, 1.82) is 0 Å². The Labute approximate surface area is 155 Å². The van der Waals surface area contributed by atoms with Crippen molar-refractivity contribution in [2.75, 3.05) is 0 Å². The molecule has 3 aromatic rings. The highest BCUT2D eigenvalue weighted by molar-refractivity contribution is 7.12. The van der Waals surface area contributed by atoms with Gasteiger partial charge in [-0.3, -0.25) is 4.79 Å². The smallest absolute Gasteiger partial charge is 0.231 e. The van der Waals surface area contributed by atoms with Crippen LogP contribution in [0.15, 0.2) is 60.0 Å². The van der Waals surface area contributed by atoms with Gasteiger partial charge in [-0.05, 0) is 42.0 Å². The molecule has 2 heterocycles. The molecule has 1 amide bonds. The lowest BCUT2D eigenvalue weighted by atomic mass is 10.0. The quantitative estimate of drug-likeness (QED) is 0.683.